The molecular weight excluding hydrogens is 198 g/mol. The van der Waals surface area contributed by atoms with E-state index in [4.69, 9.17) is 5.73 Å². The van der Waals surface area contributed by atoms with E-state index in [1.807, 2.05) is 12.4 Å². The second-order valence-electron chi connectivity index (χ2n) is 4.88. The molecule has 16 heavy (non-hydrogen) atoms. The summed E-state index contributed by atoms with van der Waals surface area (Å²) < 4.78 is 0. The third-order valence-corrected chi connectivity index (χ3v) is 3.85. The second-order valence-corrected chi connectivity index (χ2v) is 4.88. The van der Waals surface area contributed by atoms with E-state index in [0.29, 0.717) is 0 Å². The Balaban J connectivity index is 2.25. The minimum atomic E-state index is 0.174. The number of likely N-dealkylation sites (tertiary alicyclic amines) is 1. The Hall–Kier alpha value is -0.930. The van der Waals surface area contributed by atoms with Crippen LogP contribution in [0.3, 0.4) is 0 Å². The van der Waals surface area contributed by atoms with Crippen molar-refractivity contribution in [3.05, 3.63) is 30.1 Å². The van der Waals surface area contributed by atoms with Gasteiger partial charge in [-0.1, -0.05) is 0 Å². The van der Waals surface area contributed by atoms with Crippen molar-refractivity contribution in [2.75, 3.05) is 26.7 Å². The molecule has 2 rings (SSSR count). The van der Waals surface area contributed by atoms with Gasteiger partial charge in [-0.15, -0.1) is 0 Å². The lowest BCUT2D eigenvalue weighted by atomic mass is 9.75. The van der Waals surface area contributed by atoms with Gasteiger partial charge in [-0.25, -0.2) is 0 Å². The van der Waals surface area contributed by atoms with Crippen LogP contribution >= 0.6 is 0 Å². The van der Waals surface area contributed by atoms with E-state index in [1.165, 1.54) is 24.9 Å². The van der Waals surface area contributed by atoms with Crippen molar-refractivity contribution in [3.63, 3.8) is 0 Å². The third kappa shape index (κ3) is 2.25. The van der Waals surface area contributed by atoms with Gasteiger partial charge in [0, 0.05) is 24.4 Å². The number of rotatable bonds is 2. The Morgan fingerprint density at radius 3 is 2.75 bits per heavy atom. The summed E-state index contributed by atoms with van der Waals surface area (Å²) in [6.45, 7) is 3.07. The van der Waals surface area contributed by atoms with Crippen LogP contribution in [0, 0.1) is 0 Å². The fourth-order valence-corrected chi connectivity index (χ4v) is 2.65. The van der Waals surface area contributed by atoms with Crippen molar-refractivity contribution in [1.82, 2.24) is 9.88 Å². The summed E-state index contributed by atoms with van der Waals surface area (Å²) in [5.41, 5.74) is 7.58. The quantitative estimate of drug-likeness (QED) is 0.817. The summed E-state index contributed by atoms with van der Waals surface area (Å²) in [4.78, 5) is 6.49. The van der Waals surface area contributed by atoms with E-state index in [-0.39, 0.29) is 5.41 Å². The van der Waals surface area contributed by atoms with Crippen molar-refractivity contribution in [3.8, 4) is 0 Å². The van der Waals surface area contributed by atoms with Crippen LogP contribution in [0.4, 0.5) is 0 Å². The molecule has 0 aromatic carbocycles. The summed E-state index contributed by atoms with van der Waals surface area (Å²) in [6.07, 6.45) is 7.33. The van der Waals surface area contributed by atoms with E-state index < -0.39 is 0 Å². The zero-order valence-corrected chi connectivity index (χ0v) is 10.0. The van der Waals surface area contributed by atoms with Crippen LogP contribution in [-0.4, -0.2) is 36.6 Å². The van der Waals surface area contributed by atoms with Crippen LogP contribution in [0.5, 0.6) is 0 Å². The first-order valence-electron chi connectivity index (χ1n) is 6.06. The number of nitrogens with two attached hydrogens (primary N) is 1. The van der Waals surface area contributed by atoms with Crippen LogP contribution in [0.2, 0.25) is 0 Å². The highest BCUT2D eigenvalue weighted by atomic mass is 15.1. The zero-order chi connectivity index (χ0) is 11.4. The fraction of sp³-hybridized carbons (Fsp3) is 0.615. The zero-order valence-electron chi connectivity index (χ0n) is 10.0. The maximum Gasteiger partial charge on any atom is 0.0270 e. The van der Waals surface area contributed by atoms with Crippen LogP contribution in [0.25, 0.3) is 0 Å². The molecule has 1 fully saturated rings. The first kappa shape index (κ1) is 11.6. The molecule has 0 bridgehead atoms. The van der Waals surface area contributed by atoms with Crippen LogP contribution < -0.4 is 5.73 Å². The van der Waals surface area contributed by atoms with Gasteiger partial charge in [0.2, 0.25) is 0 Å². The number of pyridine rings is 1. The van der Waals surface area contributed by atoms with Gasteiger partial charge in [-0.2, -0.15) is 0 Å². The van der Waals surface area contributed by atoms with Crippen LogP contribution in [-0.2, 0) is 5.41 Å². The van der Waals surface area contributed by atoms with E-state index in [9.17, 15) is 0 Å². The number of aromatic nitrogens is 1. The lowest BCUT2D eigenvalue weighted by Gasteiger charge is -2.31. The third-order valence-electron chi connectivity index (χ3n) is 3.85. The van der Waals surface area contributed by atoms with Gasteiger partial charge in [0.15, 0.2) is 0 Å². The summed E-state index contributed by atoms with van der Waals surface area (Å²) in [5.74, 6) is 0. The smallest absolute Gasteiger partial charge is 0.0270 e. The Morgan fingerprint density at radius 2 is 2.06 bits per heavy atom. The molecule has 3 heteroatoms. The highest BCUT2D eigenvalue weighted by Gasteiger charge is 2.32. The average Bonchev–Trinajstić information content (AvgIpc) is 2.53. The number of nitrogens with zero attached hydrogens (tertiary/aromatic N) is 2. The Kier molecular flexibility index (Phi) is 3.56. The fourth-order valence-electron chi connectivity index (χ4n) is 2.65. The normalized spacial score (nSPS) is 27.6. The molecule has 2 N–H and O–H groups in total. The highest BCUT2D eigenvalue weighted by Crippen LogP contribution is 2.33. The molecule has 1 aromatic heterocycles. The Morgan fingerprint density at radius 1 is 1.31 bits per heavy atom. The van der Waals surface area contributed by atoms with Gasteiger partial charge < -0.3 is 10.6 Å². The molecule has 0 aliphatic carbocycles. The monoisotopic (exact) mass is 219 g/mol. The standard InChI is InChI=1S/C13H21N3/c1-16-9-2-5-13(11-14,6-10-16)12-3-7-15-8-4-12/h3-4,7-8H,2,5-6,9-11,14H2,1H3. The SMILES string of the molecule is CN1CCCC(CN)(c2ccncc2)CC1. The maximum atomic E-state index is 6.05. The van der Waals surface area contributed by atoms with E-state index in [2.05, 4.69) is 29.1 Å². The Bertz CT molecular complexity index is 325. The van der Waals surface area contributed by atoms with Crippen molar-refractivity contribution in [2.45, 2.75) is 24.7 Å². The summed E-state index contributed by atoms with van der Waals surface area (Å²) in [7, 11) is 2.19. The molecule has 1 atom stereocenters. The molecule has 1 aliphatic rings. The lowest BCUT2D eigenvalue weighted by Crippen LogP contribution is -2.36. The van der Waals surface area contributed by atoms with E-state index in [0.717, 1.165) is 19.5 Å². The van der Waals surface area contributed by atoms with E-state index in [1.54, 1.807) is 0 Å². The largest absolute Gasteiger partial charge is 0.330 e. The molecule has 1 aromatic rings. The topological polar surface area (TPSA) is 42.1 Å². The van der Waals surface area contributed by atoms with Crippen molar-refractivity contribution in [2.24, 2.45) is 5.73 Å². The van der Waals surface area contributed by atoms with Crippen LogP contribution in [0.1, 0.15) is 24.8 Å². The van der Waals surface area contributed by atoms with Gasteiger partial charge >= 0.3 is 0 Å². The first-order valence-corrected chi connectivity index (χ1v) is 6.06. The molecule has 2 heterocycles. The molecule has 1 aliphatic heterocycles. The highest BCUT2D eigenvalue weighted by molar-refractivity contribution is 5.24. The summed E-state index contributed by atoms with van der Waals surface area (Å²) in [6, 6.07) is 4.25. The number of hydrogen-bond donors (Lipinski definition) is 1. The minimum absolute atomic E-state index is 0.174. The molecule has 1 saturated heterocycles. The van der Waals surface area contributed by atoms with Crippen molar-refractivity contribution < 1.29 is 0 Å². The van der Waals surface area contributed by atoms with Crippen LogP contribution in [0.15, 0.2) is 24.5 Å². The summed E-state index contributed by atoms with van der Waals surface area (Å²) >= 11 is 0. The molecule has 3 nitrogen and oxygen atoms in total. The van der Waals surface area contributed by atoms with Gasteiger partial charge in [-0.05, 0) is 57.1 Å². The molecular formula is C13H21N3. The average molecular weight is 219 g/mol. The van der Waals surface area contributed by atoms with Gasteiger partial charge in [-0.3, -0.25) is 4.98 Å². The molecule has 88 valence electrons. The molecule has 0 amide bonds. The van der Waals surface area contributed by atoms with Crippen molar-refractivity contribution in [1.29, 1.82) is 0 Å². The molecule has 0 spiro atoms. The first-order chi connectivity index (χ1) is 7.77. The Labute approximate surface area is 97.7 Å². The lowest BCUT2D eigenvalue weighted by molar-refractivity contribution is 0.329. The van der Waals surface area contributed by atoms with Gasteiger partial charge in [0.25, 0.3) is 0 Å². The van der Waals surface area contributed by atoms with Crippen molar-refractivity contribution >= 4 is 0 Å². The molecule has 1 unspecified atom stereocenters. The maximum absolute atomic E-state index is 6.05. The number of hydrogen-bond acceptors (Lipinski definition) is 3. The van der Waals surface area contributed by atoms with Gasteiger partial charge in [0.1, 0.15) is 0 Å². The predicted molar refractivity (Wildman–Crippen MR) is 66.3 cm³/mol. The minimum Gasteiger partial charge on any atom is -0.330 e. The predicted octanol–water partition coefficient (Wildman–Crippen LogP) is 1.39. The molecule has 0 saturated carbocycles. The molecule has 0 radical (unpaired) electrons. The summed E-state index contributed by atoms with van der Waals surface area (Å²) in [5, 5.41) is 0. The van der Waals surface area contributed by atoms with Gasteiger partial charge in [0.05, 0.1) is 0 Å². The van der Waals surface area contributed by atoms with E-state index >= 15 is 0 Å². The second kappa shape index (κ2) is 4.93.